The molecule has 0 aliphatic carbocycles. The summed E-state index contributed by atoms with van der Waals surface area (Å²) < 4.78 is 3.65. The highest BCUT2D eigenvalue weighted by atomic mass is 32.2. The molecule has 0 radical (unpaired) electrons. The molecule has 150 valence electrons. The molecule has 3 heterocycles. The number of benzene rings is 2. The van der Waals surface area contributed by atoms with Crippen molar-refractivity contribution in [2.75, 3.05) is 0 Å². The maximum Gasteiger partial charge on any atom is 0.267 e. The molecule has 30 heavy (non-hydrogen) atoms. The van der Waals surface area contributed by atoms with Gasteiger partial charge in [0.05, 0.1) is 27.3 Å². The van der Waals surface area contributed by atoms with Gasteiger partial charge in [0.25, 0.3) is 5.56 Å². The Balaban J connectivity index is 1.76. The zero-order valence-electron chi connectivity index (χ0n) is 16.8. The number of nitrogens with zero attached hydrogens (tertiary/aromatic N) is 5. The van der Waals surface area contributed by atoms with Crippen LogP contribution in [0.25, 0.3) is 22.4 Å². The smallest absolute Gasteiger partial charge is 0.267 e. The van der Waals surface area contributed by atoms with Crippen molar-refractivity contribution < 1.29 is 0 Å². The molecule has 8 heteroatoms. The number of para-hydroxylation sites is 1. The molecule has 0 aliphatic heterocycles. The average Bonchev–Trinajstić information content (AvgIpc) is 3.35. The van der Waals surface area contributed by atoms with Gasteiger partial charge < -0.3 is 0 Å². The lowest BCUT2D eigenvalue weighted by Crippen LogP contribution is -2.22. The minimum absolute atomic E-state index is 0.0918. The van der Waals surface area contributed by atoms with Gasteiger partial charge in [-0.3, -0.25) is 9.20 Å². The second kappa shape index (κ2) is 7.37. The van der Waals surface area contributed by atoms with Crippen LogP contribution < -0.4 is 5.56 Å². The number of hydrogen-bond donors (Lipinski definition) is 0. The molecule has 5 aromatic rings. The van der Waals surface area contributed by atoms with E-state index in [1.54, 1.807) is 27.7 Å². The summed E-state index contributed by atoms with van der Waals surface area (Å²) in [6, 6.07) is 13.7. The predicted molar refractivity (Wildman–Crippen MR) is 122 cm³/mol. The lowest BCUT2D eigenvalue weighted by atomic mass is 10.1. The summed E-state index contributed by atoms with van der Waals surface area (Å²) in [5.41, 5.74) is 4.66. The van der Waals surface area contributed by atoms with Crippen LogP contribution >= 0.6 is 23.1 Å². The standard InChI is InChI=1S/C22H19N5OS2/c1-13-8-9-14(2)19(10-13)26-20(28)17-6-4-5-7-18(17)27-21(26)24-25-22(27)30-12-16-11-29-15(3)23-16/h4-11H,12H2,1-3H3. The fraction of sp³-hybridized carbons (Fsp3) is 0.182. The highest BCUT2D eigenvalue weighted by Crippen LogP contribution is 2.27. The Kier molecular flexibility index (Phi) is 4.67. The van der Waals surface area contributed by atoms with E-state index in [1.165, 1.54) is 0 Å². The summed E-state index contributed by atoms with van der Waals surface area (Å²) in [7, 11) is 0. The Hall–Kier alpha value is -2.97. The molecule has 0 saturated carbocycles. The molecule has 0 spiro atoms. The van der Waals surface area contributed by atoms with Crippen molar-refractivity contribution in [3.63, 3.8) is 0 Å². The van der Waals surface area contributed by atoms with Crippen LogP contribution in [-0.2, 0) is 5.75 Å². The maximum atomic E-state index is 13.5. The van der Waals surface area contributed by atoms with Crippen LogP contribution in [0.15, 0.2) is 57.8 Å². The van der Waals surface area contributed by atoms with E-state index in [4.69, 9.17) is 0 Å². The van der Waals surface area contributed by atoms with Gasteiger partial charge in [0.1, 0.15) is 0 Å². The topological polar surface area (TPSA) is 65.1 Å². The van der Waals surface area contributed by atoms with Gasteiger partial charge in [-0.15, -0.1) is 21.5 Å². The van der Waals surface area contributed by atoms with Gasteiger partial charge in [0.2, 0.25) is 5.78 Å². The molecular weight excluding hydrogens is 414 g/mol. The monoisotopic (exact) mass is 433 g/mol. The number of hydrogen-bond acceptors (Lipinski definition) is 6. The first-order valence-electron chi connectivity index (χ1n) is 9.53. The molecule has 0 fully saturated rings. The summed E-state index contributed by atoms with van der Waals surface area (Å²) in [4.78, 5) is 18.0. The molecule has 0 N–H and O–H groups in total. The average molecular weight is 434 g/mol. The summed E-state index contributed by atoms with van der Waals surface area (Å²) in [6.45, 7) is 6.03. The van der Waals surface area contributed by atoms with E-state index in [2.05, 4.69) is 20.6 Å². The number of aryl methyl sites for hydroxylation is 3. The Morgan fingerprint density at radius 3 is 2.70 bits per heavy atom. The first-order chi connectivity index (χ1) is 14.5. The SMILES string of the molecule is Cc1ccc(C)c(-n2c(=O)c3ccccc3n3c(SCc4csc(C)n4)nnc23)c1. The highest BCUT2D eigenvalue weighted by Gasteiger charge is 2.19. The minimum atomic E-state index is -0.0918. The van der Waals surface area contributed by atoms with Crippen LogP contribution in [0, 0.1) is 20.8 Å². The fourth-order valence-corrected chi connectivity index (χ4v) is 5.11. The number of thioether (sulfide) groups is 1. The fourth-order valence-electron chi connectivity index (χ4n) is 3.56. The van der Waals surface area contributed by atoms with Crippen molar-refractivity contribution >= 4 is 39.8 Å². The molecule has 2 aromatic carbocycles. The first-order valence-corrected chi connectivity index (χ1v) is 11.4. The van der Waals surface area contributed by atoms with E-state index in [-0.39, 0.29) is 5.56 Å². The van der Waals surface area contributed by atoms with Crippen LogP contribution in [0.4, 0.5) is 0 Å². The lowest BCUT2D eigenvalue weighted by molar-refractivity contribution is 0.927. The minimum Gasteiger partial charge on any atom is -0.268 e. The molecule has 0 amide bonds. The van der Waals surface area contributed by atoms with Gasteiger partial charge in [-0.25, -0.2) is 9.55 Å². The van der Waals surface area contributed by atoms with Gasteiger partial charge in [-0.1, -0.05) is 36.0 Å². The molecule has 0 bridgehead atoms. The zero-order valence-corrected chi connectivity index (χ0v) is 18.4. The highest BCUT2D eigenvalue weighted by molar-refractivity contribution is 7.98. The van der Waals surface area contributed by atoms with Crippen LogP contribution in [0.2, 0.25) is 0 Å². The third-order valence-corrected chi connectivity index (χ3v) is 6.80. The van der Waals surface area contributed by atoms with E-state index in [9.17, 15) is 4.79 Å². The number of aromatic nitrogens is 5. The van der Waals surface area contributed by atoms with Gasteiger partial charge in [0, 0.05) is 11.1 Å². The molecule has 0 unspecified atom stereocenters. The van der Waals surface area contributed by atoms with Crippen LogP contribution in [-0.4, -0.2) is 24.1 Å². The Morgan fingerprint density at radius 1 is 1.07 bits per heavy atom. The third kappa shape index (κ3) is 3.12. The van der Waals surface area contributed by atoms with Gasteiger partial charge in [-0.2, -0.15) is 0 Å². The quantitative estimate of drug-likeness (QED) is 0.384. The van der Waals surface area contributed by atoms with Crippen LogP contribution in [0.3, 0.4) is 0 Å². The second-order valence-electron chi connectivity index (χ2n) is 7.21. The van der Waals surface area contributed by atoms with E-state index in [0.717, 1.165) is 38.2 Å². The molecule has 5 rings (SSSR count). The van der Waals surface area contributed by atoms with Crippen molar-refractivity contribution in [3.8, 4) is 5.69 Å². The van der Waals surface area contributed by atoms with Crippen molar-refractivity contribution in [2.24, 2.45) is 0 Å². The third-order valence-electron chi connectivity index (χ3n) is 5.02. The van der Waals surface area contributed by atoms with E-state index in [1.807, 2.05) is 67.6 Å². The molecule has 0 atom stereocenters. The van der Waals surface area contributed by atoms with Crippen molar-refractivity contribution in [2.45, 2.75) is 31.7 Å². The number of rotatable bonds is 4. The van der Waals surface area contributed by atoms with Crippen molar-refractivity contribution in [1.29, 1.82) is 0 Å². The van der Waals surface area contributed by atoms with Crippen LogP contribution in [0.1, 0.15) is 21.8 Å². The van der Waals surface area contributed by atoms with Gasteiger partial charge in [-0.05, 0) is 50.1 Å². The molecular formula is C22H19N5OS2. The molecule has 0 saturated heterocycles. The van der Waals surface area contributed by atoms with Crippen LogP contribution in [0.5, 0.6) is 0 Å². The maximum absolute atomic E-state index is 13.5. The predicted octanol–water partition coefficient (Wildman–Crippen LogP) is 4.71. The lowest BCUT2D eigenvalue weighted by Gasteiger charge is -2.13. The Bertz CT molecular complexity index is 1460. The summed E-state index contributed by atoms with van der Waals surface area (Å²) >= 11 is 3.21. The zero-order chi connectivity index (χ0) is 20.8. The summed E-state index contributed by atoms with van der Waals surface area (Å²) in [5.74, 6) is 1.21. The van der Waals surface area contributed by atoms with Gasteiger partial charge in [0.15, 0.2) is 5.16 Å². The normalized spacial score (nSPS) is 11.6. The first kappa shape index (κ1) is 19.0. The molecule has 0 aliphatic rings. The van der Waals surface area contributed by atoms with E-state index in [0.29, 0.717) is 16.9 Å². The molecule has 3 aromatic heterocycles. The Morgan fingerprint density at radius 2 is 1.90 bits per heavy atom. The van der Waals surface area contributed by atoms with E-state index < -0.39 is 0 Å². The Labute approximate surface area is 181 Å². The molecule has 6 nitrogen and oxygen atoms in total. The van der Waals surface area contributed by atoms with E-state index >= 15 is 0 Å². The summed E-state index contributed by atoms with van der Waals surface area (Å²) in [6.07, 6.45) is 0. The van der Waals surface area contributed by atoms with Gasteiger partial charge >= 0.3 is 0 Å². The number of thiazole rings is 1. The largest absolute Gasteiger partial charge is 0.268 e. The summed E-state index contributed by atoms with van der Waals surface area (Å²) in [5, 5.41) is 13.4. The number of fused-ring (bicyclic) bond motifs is 3. The second-order valence-corrected chi connectivity index (χ2v) is 9.22. The van der Waals surface area contributed by atoms with Crippen molar-refractivity contribution in [1.82, 2.24) is 24.1 Å². The van der Waals surface area contributed by atoms with Crippen molar-refractivity contribution in [3.05, 3.63) is 80.0 Å².